The summed E-state index contributed by atoms with van der Waals surface area (Å²) >= 11 is 1.29. The van der Waals surface area contributed by atoms with E-state index in [1.165, 1.54) is 83.0 Å². The summed E-state index contributed by atoms with van der Waals surface area (Å²) in [5.74, 6) is 1.06. The van der Waals surface area contributed by atoms with Crippen LogP contribution in [0.4, 0.5) is 0 Å². The van der Waals surface area contributed by atoms with Gasteiger partial charge in [0.2, 0.25) is 0 Å². The van der Waals surface area contributed by atoms with Crippen molar-refractivity contribution in [2.45, 2.75) is 124 Å². The van der Waals surface area contributed by atoms with Crippen LogP contribution in [0.15, 0.2) is 4.76 Å². The average molecular weight is 627 g/mol. The van der Waals surface area contributed by atoms with Gasteiger partial charge in [-0.05, 0) is 0 Å². The Kier molecular flexibility index (Phi) is 13.1. The number of hydrogen-bond acceptors (Lipinski definition) is 3. The quantitative estimate of drug-likeness (QED) is 0.149. The van der Waals surface area contributed by atoms with Crippen molar-refractivity contribution >= 4 is 11.5 Å². The molecule has 1 aliphatic rings. The Morgan fingerprint density at radius 1 is 0.806 bits per heavy atom. The van der Waals surface area contributed by atoms with Crippen LogP contribution in [-0.2, 0) is 27.9 Å². The number of hydrogen-bond donors (Lipinski definition) is 0. The van der Waals surface area contributed by atoms with Crippen LogP contribution in [0.2, 0.25) is 0 Å². The van der Waals surface area contributed by atoms with E-state index in [9.17, 15) is 0 Å². The Labute approximate surface area is 204 Å². The third-order valence-electron chi connectivity index (χ3n) is 5.10. The van der Waals surface area contributed by atoms with Gasteiger partial charge in [-0.1, -0.05) is 26.2 Å². The van der Waals surface area contributed by atoms with Crippen LogP contribution < -0.4 is 0 Å². The fourth-order valence-electron chi connectivity index (χ4n) is 3.71. The predicted octanol–water partition coefficient (Wildman–Crippen LogP) is 7.37. The molecular formula is C24H50N3O2PW. The zero-order valence-corrected chi connectivity index (χ0v) is 25.5. The molecule has 0 aromatic heterocycles. The molecule has 0 amide bonds. The number of unbranched alkanes of at least 4 members (excludes halogenated alkanes) is 9. The van der Waals surface area contributed by atoms with Gasteiger partial charge in [0.1, 0.15) is 0 Å². The molecule has 0 aromatic rings. The Hall–Kier alpha value is 0.308. The predicted molar refractivity (Wildman–Crippen MR) is 132 cm³/mol. The SMILES string of the molecule is CCCCCCCCCCCCN1CCN(C)C1=N[P](=[W])(OC(C)(C)C)OC(C)(C)C. The van der Waals surface area contributed by atoms with Gasteiger partial charge >= 0.3 is 178 Å². The zero-order valence-electron chi connectivity index (χ0n) is 21.7. The van der Waals surface area contributed by atoms with Gasteiger partial charge in [-0.25, -0.2) is 0 Å². The first-order chi connectivity index (χ1) is 14.4. The molecule has 7 heteroatoms. The van der Waals surface area contributed by atoms with Gasteiger partial charge in [-0.3, -0.25) is 0 Å². The molecule has 0 aliphatic carbocycles. The molecule has 1 aliphatic heterocycles. The van der Waals surface area contributed by atoms with E-state index in [-0.39, 0.29) is 11.2 Å². The Morgan fingerprint density at radius 3 is 1.71 bits per heavy atom. The summed E-state index contributed by atoms with van der Waals surface area (Å²) in [6.45, 7) is 18.0. The van der Waals surface area contributed by atoms with E-state index in [1.54, 1.807) is 0 Å². The summed E-state index contributed by atoms with van der Waals surface area (Å²) in [6.07, 6.45) is 13.7. The first kappa shape index (κ1) is 29.3. The Balaban J connectivity index is 2.58. The number of nitrogens with zero attached hydrogens (tertiary/aromatic N) is 3. The molecule has 0 bridgehead atoms. The second kappa shape index (κ2) is 13.9. The summed E-state index contributed by atoms with van der Waals surface area (Å²) in [6, 6.07) is 0. The fraction of sp³-hybridized carbons (Fsp3) is 0.958. The van der Waals surface area contributed by atoms with E-state index in [4.69, 9.17) is 13.8 Å². The van der Waals surface area contributed by atoms with Crippen LogP contribution in [0, 0.1) is 0 Å². The van der Waals surface area contributed by atoms with Crippen molar-refractivity contribution in [3.05, 3.63) is 0 Å². The minimum absolute atomic E-state index is 0.274. The number of guanidine groups is 1. The molecule has 31 heavy (non-hydrogen) atoms. The van der Waals surface area contributed by atoms with Gasteiger partial charge in [-0.2, -0.15) is 0 Å². The summed E-state index contributed by atoms with van der Waals surface area (Å²) in [5, 5.41) is 0. The van der Waals surface area contributed by atoms with E-state index < -0.39 is 5.50 Å². The van der Waals surface area contributed by atoms with Crippen molar-refractivity contribution in [2.75, 3.05) is 26.7 Å². The van der Waals surface area contributed by atoms with E-state index in [0.717, 1.165) is 25.6 Å². The Morgan fingerprint density at radius 2 is 1.26 bits per heavy atom. The van der Waals surface area contributed by atoms with Crippen molar-refractivity contribution in [1.82, 2.24) is 9.80 Å². The maximum absolute atomic E-state index is 6.45. The van der Waals surface area contributed by atoms with E-state index in [1.807, 2.05) is 0 Å². The molecule has 184 valence electrons. The topological polar surface area (TPSA) is 37.3 Å². The van der Waals surface area contributed by atoms with Crippen molar-refractivity contribution in [3.63, 3.8) is 0 Å². The Bertz CT molecular complexity index is 564. The van der Waals surface area contributed by atoms with Crippen LogP contribution in [0.1, 0.15) is 113 Å². The molecular weight excluding hydrogens is 577 g/mol. The molecule has 0 aromatic carbocycles. The summed E-state index contributed by atoms with van der Waals surface area (Å²) in [7, 11) is 2.14. The van der Waals surface area contributed by atoms with Gasteiger partial charge in [0, 0.05) is 0 Å². The molecule has 1 fully saturated rings. The van der Waals surface area contributed by atoms with Gasteiger partial charge in [0.25, 0.3) is 0 Å². The van der Waals surface area contributed by atoms with Crippen molar-refractivity contribution in [3.8, 4) is 0 Å². The van der Waals surface area contributed by atoms with Crippen LogP contribution in [0.3, 0.4) is 0 Å². The third kappa shape index (κ3) is 13.6. The molecule has 1 rings (SSSR count). The van der Waals surface area contributed by atoms with Crippen LogP contribution in [-0.4, -0.2) is 53.6 Å². The molecule has 0 atom stereocenters. The number of likely N-dealkylation sites (N-methyl/N-ethyl adjacent to an activating group) is 1. The summed E-state index contributed by atoms with van der Waals surface area (Å²) in [5.41, 5.74) is -2.86. The van der Waals surface area contributed by atoms with Crippen LogP contribution in [0.25, 0.3) is 0 Å². The monoisotopic (exact) mass is 627 g/mol. The maximum atomic E-state index is 6.45. The van der Waals surface area contributed by atoms with Crippen LogP contribution in [0.5, 0.6) is 0 Å². The van der Waals surface area contributed by atoms with Crippen LogP contribution >= 0.6 is 5.50 Å². The molecule has 1 heterocycles. The normalized spacial score (nSPS) is 17.2. The van der Waals surface area contributed by atoms with Crippen molar-refractivity contribution in [2.24, 2.45) is 4.76 Å². The van der Waals surface area contributed by atoms with E-state index in [2.05, 4.69) is 65.3 Å². The molecule has 0 saturated carbocycles. The molecule has 5 nitrogen and oxygen atoms in total. The first-order valence-corrected chi connectivity index (χ1v) is 17.9. The standard InChI is InChI=1S/C24H50N3O2P.W/c1-9-10-11-12-13-14-15-16-17-18-19-27-21-20-26(8)22(27)25-30(28-23(2,3)4)29-24(5,6)7;/h9-21H2,1-8H3;. The second-order valence-electron chi connectivity index (χ2n) is 10.9. The summed E-state index contributed by atoms with van der Waals surface area (Å²) in [4.78, 5) is 4.71. The average Bonchev–Trinajstić information content (AvgIpc) is 2.93. The van der Waals surface area contributed by atoms with Crippen molar-refractivity contribution in [1.29, 1.82) is 0 Å². The molecule has 1 saturated heterocycles. The zero-order chi connectivity index (χ0) is 23.5. The summed E-state index contributed by atoms with van der Waals surface area (Å²) < 4.78 is 18.1. The van der Waals surface area contributed by atoms with Gasteiger partial charge < -0.3 is 0 Å². The molecule has 0 spiro atoms. The van der Waals surface area contributed by atoms with E-state index in [0.29, 0.717) is 0 Å². The molecule has 0 N–H and O–H groups in total. The van der Waals surface area contributed by atoms with Crippen molar-refractivity contribution < 1.29 is 27.9 Å². The van der Waals surface area contributed by atoms with E-state index >= 15 is 0 Å². The second-order valence-corrected chi connectivity index (χ2v) is 17.3. The molecule has 0 radical (unpaired) electrons. The third-order valence-corrected chi connectivity index (χ3v) is 9.57. The van der Waals surface area contributed by atoms with Gasteiger partial charge in [0.15, 0.2) is 0 Å². The first-order valence-electron chi connectivity index (χ1n) is 12.4. The van der Waals surface area contributed by atoms with Gasteiger partial charge in [-0.15, -0.1) is 0 Å². The van der Waals surface area contributed by atoms with Gasteiger partial charge in [0.05, 0.1) is 0 Å². The minimum atomic E-state index is -2.31. The molecule has 0 unspecified atom stereocenters. The fourth-order valence-corrected chi connectivity index (χ4v) is 11.3. The number of rotatable bonds is 14.